The maximum atomic E-state index is 12.1. The van der Waals surface area contributed by atoms with Gasteiger partial charge in [-0.2, -0.15) is 0 Å². The van der Waals surface area contributed by atoms with Crippen LogP contribution in [0.2, 0.25) is 10.0 Å². The summed E-state index contributed by atoms with van der Waals surface area (Å²) in [4.78, 5) is 24.8. The smallest absolute Gasteiger partial charge is 0.337 e. The molecule has 0 aromatic heterocycles. The van der Waals surface area contributed by atoms with E-state index in [1.54, 1.807) is 0 Å². The number of hydrogen-bond donors (Lipinski definition) is 1. The number of carbonyl (C=O) groups is 2. The lowest BCUT2D eigenvalue weighted by Crippen LogP contribution is -2.31. The summed E-state index contributed by atoms with van der Waals surface area (Å²) in [5.74, 6) is -1.24. The second-order valence-electron chi connectivity index (χ2n) is 4.44. The Bertz CT molecular complexity index is 531. The molecule has 0 aliphatic carbocycles. The van der Waals surface area contributed by atoms with Crippen LogP contribution in [0.1, 0.15) is 36.0 Å². The largest absolute Gasteiger partial charge is 0.478 e. The number of rotatable bonds is 2. The highest BCUT2D eigenvalue weighted by atomic mass is 35.5. The number of halogens is 2. The predicted octanol–water partition coefficient (Wildman–Crippen LogP) is 3.60. The quantitative estimate of drug-likeness (QED) is 0.908. The molecule has 6 heteroatoms. The van der Waals surface area contributed by atoms with Gasteiger partial charge in [0.2, 0.25) is 5.91 Å². The van der Waals surface area contributed by atoms with E-state index in [4.69, 9.17) is 23.2 Å². The number of aromatic carboxylic acids is 1. The summed E-state index contributed by atoms with van der Waals surface area (Å²) in [6, 6.07) is 2.78. The zero-order valence-corrected chi connectivity index (χ0v) is 11.7. The van der Waals surface area contributed by atoms with Gasteiger partial charge in [0.1, 0.15) is 0 Å². The average molecular weight is 302 g/mol. The van der Waals surface area contributed by atoms with Crippen LogP contribution in [0.5, 0.6) is 0 Å². The van der Waals surface area contributed by atoms with Crippen molar-refractivity contribution >= 4 is 40.8 Å². The highest BCUT2D eigenvalue weighted by Crippen LogP contribution is 2.35. The summed E-state index contributed by atoms with van der Waals surface area (Å²) < 4.78 is 0. The molecular weight excluding hydrogens is 289 g/mol. The van der Waals surface area contributed by atoms with Crippen LogP contribution in [-0.4, -0.2) is 23.5 Å². The summed E-state index contributed by atoms with van der Waals surface area (Å²) in [6.45, 7) is 0.487. The number of benzene rings is 1. The van der Waals surface area contributed by atoms with Gasteiger partial charge < -0.3 is 10.0 Å². The van der Waals surface area contributed by atoms with E-state index in [1.165, 1.54) is 17.0 Å². The van der Waals surface area contributed by atoms with Crippen LogP contribution < -0.4 is 4.90 Å². The van der Waals surface area contributed by atoms with Crippen LogP contribution in [0, 0.1) is 0 Å². The summed E-state index contributed by atoms with van der Waals surface area (Å²) >= 11 is 11.9. The molecule has 0 atom stereocenters. The summed E-state index contributed by atoms with van der Waals surface area (Å²) in [5, 5.41) is 9.69. The van der Waals surface area contributed by atoms with Crippen molar-refractivity contribution in [1.29, 1.82) is 0 Å². The summed E-state index contributed by atoms with van der Waals surface area (Å²) in [7, 11) is 0. The minimum Gasteiger partial charge on any atom is -0.478 e. The lowest BCUT2D eigenvalue weighted by atomic mass is 10.1. The van der Waals surface area contributed by atoms with Crippen molar-refractivity contribution in [3.8, 4) is 0 Å². The van der Waals surface area contributed by atoms with Gasteiger partial charge in [0, 0.05) is 18.0 Å². The first-order valence-electron chi connectivity index (χ1n) is 6.03. The van der Waals surface area contributed by atoms with E-state index in [-0.39, 0.29) is 27.2 Å². The molecule has 19 heavy (non-hydrogen) atoms. The van der Waals surface area contributed by atoms with Gasteiger partial charge in [-0.15, -0.1) is 0 Å². The monoisotopic (exact) mass is 301 g/mol. The molecule has 1 aliphatic heterocycles. The number of carboxylic acids is 1. The van der Waals surface area contributed by atoms with Crippen molar-refractivity contribution in [3.05, 3.63) is 27.7 Å². The van der Waals surface area contributed by atoms with Crippen molar-refractivity contribution in [2.24, 2.45) is 0 Å². The molecule has 1 amide bonds. The van der Waals surface area contributed by atoms with Crippen molar-refractivity contribution in [3.63, 3.8) is 0 Å². The Morgan fingerprint density at radius 1 is 1.21 bits per heavy atom. The molecule has 1 fully saturated rings. The Morgan fingerprint density at radius 3 is 2.63 bits per heavy atom. The van der Waals surface area contributed by atoms with Gasteiger partial charge in [-0.1, -0.05) is 29.6 Å². The first kappa shape index (κ1) is 14.2. The Morgan fingerprint density at radius 2 is 1.95 bits per heavy atom. The van der Waals surface area contributed by atoms with E-state index in [9.17, 15) is 14.7 Å². The fourth-order valence-corrected chi connectivity index (χ4v) is 2.82. The fraction of sp³-hybridized carbons (Fsp3) is 0.385. The SMILES string of the molecule is O=C(O)c1cc(Cl)cc(Cl)c1N1CCCCCC1=O. The number of carbonyl (C=O) groups excluding carboxylic acids is 1. The van der Waals surface area contributed by atoms with E-state index in [2.05, 4.69) is 0 Å². The normalized spacial score (nSPS) is 16.3. The van der Waals surface area contributed by atoms with E-state index in [0.29, 0.717) is 13.0 Å². The second kappa shape index (κ2) is 5.80. The highest BCUT2D eigenvalue weighted by Gasteiger charge is 2.26. The van der Waals surface area contributed by atoms with Crippen molar-refractivity contribution in [2.45, 2.75) is 25.7 Å². The van der Waals surface area contributed by atoms with Crippen LogP contribution in [0.25, 0.3) is 0 Å². The second-order valence-corrected chi connectivity index (χ2v) is 5.29. The fourth-order valence-electron chi connectivity index (χ4n) is 2.22. The van der Waals surface area contributed by atoms with Crippen molar-refractivity contribution in [2.75, 3.05) is 11.4 Å². The molecule has 1 aromatic carbocycles. The molecule has 1 saturated heterocycles. The number of amides is 1. The highest BCUT2D eigenvalue weighted by molar-refractivity contribution is 6.38. The topological polar surface area (TPSA) is 57.6 Å². The third kappa shape index (κ3) is 3.01. The minimum absolute atomic E-state index is 0.0345. The number of nitrogens with zero attached hydrogens (tertiary/aromatic N) is 1. The summed E-state index contributed by atoms with van der Waals surface area (Å²) in [6.07, 6.45) is 3.03. The molecular formula is C13H13Cl2NO3. The molecule has 1 aliphatic rings. The molecule has 1 heterocycles. The standard InChI is InChI=1S/C13H13Cl2NO3/c14-8-6-9(13(18)19)12(10(15)7-8)16-5-3-1-2-4-11(16)17/h6-7H,1-5H2,(H,18,19). The first-order valence-corrected chi connectivity index (χ1v) is 6.79. The Kier molecular flexibility index (Phi) is 4.32. The number of hydrogen-bond acceptors (Lipinski definition) is 2. The predicted molar refractivity (Wildman–Crippen MR) is 74.2 cm³/mol. The van der Waals surface area contributed by atoms with E-state index < -0.39 is 5.97 Å². The lowest BCUT2D eigenvalue weighted by molar-refractivity contribution is -0.118. The zero-order valence-electron chi connectivity index (χ0n) is 10.2. The molecule has 2 rings (SSSR count). The van der Waals surface area contributed by atoms with E-state index >= 15 is 0 Å². The third-order valence-electron chi connectivity index (χ3n) is 3.10. The molecule has 0 bridgehead atoms. The molecule has 0 saturated carbocycles. The van der Waals surface area contributed by atoms with Gasteiger partial charge in [-0.25, -0.2) is 4.79 Å². The Hall–Kier alpha value is -1.26. The van der Waals surface area contributed by atoms with Crippen molar-refractivity contribution in [1.82, 2.24) is 0 Å². The van der Waals surface area contributed by atoms with Crippen LogP contribution in [0.15, 0.2) is 12.1 Å². The summed E-state index contributed by atoms with van der Waals surface area (Å²) in [5.41, 5.74) is 0.221. The van der Waals surface area contributed by atoms with Gasteiger partial charge in [0.15, 0.2) is 0 Å². The van der Waals surface area contributed by atoms with Crippen LogP contribution in [-0.2, 0) is 4.79 Å². The molecule has 4 nitrogen and oxygen atoms in total. The Labute approximate surface area is 120 Å². The van der Waals surface area contributed by atoms with E-state index in [1.807, 2.05) is 0 Å². The van der Waals surface area contributed by atoms with E-state index in [0.717, 1.165) is 19.3 Å². The number of carboxylic acid groups (broad SMARTS) is 1. The maximum absolute atomic E-state index is 12.1. The third-order valence-corrected chi connectivity index (χ3v) is 3.61. The van der Waals surface area contributed by atoms with Crippen molar-refractivity contribution < 1.29 is 14.7 Å². The molecule has 0 spiro atoms. The molecule has 0 unspecified atom stereocenters. The van der Waals surface area contributed by atoms with Gasteiger partial charge in [0.05, 0.1) is 16.3 Å². The van der Waals surface area contributed by atoms with Crippen LogP contribution >= 0.6 is 23.2 Å². The maximum Gasteiger partial charge on any atom is 0.337 e. The van der Waals surface area contributed by atoms with Gasteiger partial charge in [-0.3, -0.25) is 4.79 Å². The zero-order chi connectivity index (χ0) is 14.0. The van der Waals surface area contributed by atoms with Crippen LogP contribution in [0.3, 0.4) is 0 Å². The average Bonchev–Trinajstić information content (AvgIpc) is 2.53. The molecule has 1 aromatic rings. The number of anilines is 1. The molecule has 102 valence electrons. The lowest BCUT2D eigenvalue weighted by Gasteiger charge is -2.23. The van der Waals surface area contributed by atoms with Crippen LogP contribution in [0.4, 0.5) is 5.69 Å². The first-order chi connectivity index (χ1) is 9.00. The van der Waals surface area contributed by atoms with Gasteiger partial charge >= 0.3 is 5.97 Å². The Balaban J connectivity index is 2.53. The minimum atomic E-state index is -1.14. The molecule has 0 radical (unpaired) electrons. The van der Waals surface area contributed by atoms with Gasteiger partial charge in [-0.05, 0) is 25.0 Å². The molecule has 1 N–H and O–H groups in total. The van der Waals surface area contributed by atoms with Gasteiger partial charge in [0.25, 0.3) is 0 Å².